The van der Waals surface area contributed by atoms with Crippen molar-refractivity contribution in [3.63, 3.8) is 0 Å². The van der Waals surface area contributed by atoms with Crippen molar-refractivity contribution < 1.29 is 23.5 Å². The summed E-state index contributed by atoms with van der Waals surface area (Å²) in [4.78, 5) is 16.2. The van der Waals surface area contributed by atoms with Gasteiger partial charge in [-0.2, -0.15) is 0 Å². The number of carbonyl (C=O) groups excluding carboxylic acids is 1. The number of hydrogen-bond acceptors (Lipinski definition) is 8. The minimum atomic E-state index is -0.0648. The van der Waals surface area contributed by atoms with Gasteiger partial charge in [0.25, 0.3) is 0 Å². The van der Waals surface area contributed by atoms with Gasteiger partial charge in [-0.05, 0) is 24.8 Å². The summed E-state index contributed by atoms with van der Waals surface area (Å²) in [6.45, 7) is 4.13. The molecule has 8 nitrogen and oxygen atoms in total. The van der Waals surface area contributed by atoms with E-state index in [1.807, 2.05) is 42.5 Å². The molecule has 0 atom stereocenters. The summed E-state index contributed by atoms with van der Waals surface area (Å²) in [7, 11) is 4.73. The molecule has 4 aromatic rings. The number of anilines is 3. The van der Waals surface area contributed by atoms with Crippen LogP contribution in [0.2, 0.25) is 0 Å². The molecule has 2 heterocycles. The second-order valence-electron chi connectivity index (χ2n) is 9.64. The minimum Gasteiger partial charge on any atom is -0.493 e. The molecule has 1 aliphatic carbocycles. The first kappa shape index (κ1) is 23.2. The highest BCUT2D eigenvalue weighted by Gasteiger charge is 2.34. The molecule has 1 N–H and O–H groups in total. The molecule has 2 aliphatic rings. The van der Waals surface area contributed by atoms with Crippen LogP contribution in [-0.4, -0.2) is 45.4 Å². The van der Waals surface area contributed by atoms with Crippen LogP contribution in [0.1, 0.15) is 35.7 Å². The quantitative estimate of drug-likeness (QED) is 0.302. The summed E-state index contributed by atoms with van der Waals surface area (Å²) >= 11 is 0. The Morgan fingerprint density at radius 3 is 2.30 bits per heavy atom. The second-order valence-corrected chi connectivity index (χ2v) is 9.64. The lowest BCUT2D eigenvalue weighted by molar-refractivity contribution is 0.104. The molecule has 0 radical (unpaired) electrons. The Morgan fingerprint density at radius 2 is 1.65 bits per heavy atom. The van der Waals surface area contributed by atoms with Crippen molar-refractivity contribution in [2.24, 2.45) is 5.92 Å². The summed E-state index contributed by atoms with van der Waals surface area (Å²) < 4.78 is 22.5. The Labute approximate surface area is 215 Å². The fraction of sp³-hybridized carbons (Fsp3) is 0.310. The predicted molar refractivity (Wildman–Crippen MR) is 143 cm³/mol. The van der Waals surface area contributed by atoms with Crippen molar-refractivity contribution in [2.75, 3.05) is 44.6 Å². The Morgan fingerprint density at radius 1 is 0.973 bits per heavy atom. The maximum atomic E-state index is 13.9. The monoisotopic (exact) mass is 499 g/mol. The molecule has 0 unspecified atom stereocenters. The van der Waals surface area contributed by atoms with Crippen molar-refractivity contribution >= 4 is 33.7 Å². The first-order chi connectivity index (χ1) is 18.0. The first-order valence-corrected chi connectivity index (χ1v) is 12.5. The zero-order valence-electron chi connectivity index (χ0n) is 21.4. The molecule has 1 aliphatic heterocycles. The van der Waals surface area contributed by atoms with Gasteiger partial charge < -0.3 is 29.0 Å². The van der Waals surface area contributed by atoms with E-state index in [1.165, 1.54) is 0 Å². The van der Waals surface area contributed by atoms with Crippen LogP contribution in [0.4, 0.5) is 17.1 Å². The van der Waals surface area contributed by atoms with E-state index in [0.29, 0.717) is 51.4 Å². The van der Waals surface area contributed by atoms with Crippen LogP contribution in [0, 0.1) is 5.92 Å². The summed E-state index contributed by atoms with van der Waals surface area (Å²) in [5, 5.41) is 8.72. The summed E-state index contributed by atoms with van der Waals surface area (Å²) in [5.41, 5.74) is 4.98. The number of piperidine rings is 1. The van der Waals surface area contributed by atoms with Crippen molar-refractivity contribution in [3.8, 4) is 28.6 Å². The van der Waals surface area contributed by atoms with E-state index in [-0.39, 0.29) is 5.78 Å². The lowest BCUT2D eigenvalue weighted by Crippen LogP contribution is -2.33. The molecule has 190 valence electrons. The Bertz CT molecular complexity index is 1490. The number of fused-ring (bicyclic) bond motifs is 2. The zero-order valence-corrected chi connectivity index (χ0v) is 21.4. The van der Waals surface area contributed by atoms with Crippen LogP contribution in [0.25, 0.3) is 22.2 Å². The van der Waals surface area contributed by atoms with Gasteiger partial charge in [0.2, 0.25) is 5.75 Å². The van der Waals surface area contributed by atoms with E-state index in [0.717, 1.165) is 48.1 Å². The van der Waals surface area contributed by atoms with Gasteiger partial charge in [0.1, 0.15) is 5.52 Å². The number of methoxy groups -OCH3 is 3. The number of aromatic nitrogens is 1. The van der Waals surface area contributed by atoms with Gasteiger partial charge in [-0.15, -0.1) is 0 Å². The number of rotatable bonds is 6. The van der Waals surface area contributed by atoms with Crippen molar-refractivity contribution in [3.05, 3.63) is 53.6 Å². The molecule has 0 saturated carbocycles. The van der Waals surface area contributed by atoms with E-state index in [2.05, 4.69) is 22.3 Å². The van der Waals surface area contributed by atoms with E-state index >= 15 is 0 Å². The SMILES string of the molecule is COc1cc(Nc2cc(N3CCC(C)CC3)c3noc4c3c2C(=O)c2ccccc2-4)cc(OC)c1OC. The third-order valence-corrected chi connectivity index (χ3v) is 7.45. The molecular formula is C29H29N3O5. The van der Waals surface area contributed by atoms with Crippen LogP contribution in [0.3, 0.4) is 0 Å². The third-order valence-electron chi connectivity index (χ3n) is 7.45. The van der Waals surface area contributed by atoms with Crippen molar-refractivity contribution in [1.29, 1.82) is 0 Å². The number of benzene rings is 3. The smallest absolute Gasteiger partial charge is 0.203 e. The van der Waals surface area contributed by atoms with Crippen molar-refractivity contribution in [2.45, 2.75) is 19.8 Å². The van der Waals surface area contributed by atoms with Crippen molar-refractivity contribution in [1.82, 2.24) is 5.16 Å². The normalized spacial score (nSPS) is 15.0. The van der Waals surface area contributed by atoms with Gasteiger partial charge in [-0.3, -0.25) is 4.79 Å². The largest absolute Gasteiger partial charge is 0.493 e. The van der Waals surface area contributed by atoms with E-state index < -0.39 is 0 Å². The highest BCUT2D eigenvalue weighted by Crippen LogP contribution is 2.48. The average molecular weight is 500 g/mol. The Kier molecular flexibility index (Phi) is 5.67. The van der Waals surface area contributed by atoms with Gasteiger partial charge >= 0.3 is 0 Å². The summed E-state index contributed by atoms with van der Waals surface area (Å²) in [6.07, 6.45) is 2.21. The van der Waals surface area contributed by atoms with Gasteiger partial charge in [0.15, 0.2) is 23.0 Å². The number of ketones is 1. The Hall–Kier alpha value is -4.20. The summed E-state index contributed by atoms with van der Waals surface area (Å²) in [5.74, 6) is 2.79. The topological polar surface area (TPSA) is 86.1 Å². The van der Waals surface area contributed by atoms with Crippen LogP contribution >= 0.6 is 0 Å². The van der Waals surface area contributed by atoms with Gasteiger partial charge in [0, 0.05) is 42.0 Å². The zero-order chi connectivity index (χ0) is 25.7. The maximum Gasteiger partial charge on any atom is 0.203 e. The molecule has 0 spiro atoms. The van der Waals surface area contributed by atoms with E-state index in [1.54, 1.807) is 21.3 Å². The van der Waals surface area contributed by atoms with Crippen LogP contribution in [0.5, 0.6) is 17.2 Å². The molecule has 0 bridgehead atoms. The fourth-order valence-corrected chi connectivity index (χ4v) is 5.44. The van der Waals surface area contributed by atoms with Gasteiger partial charge in [-0.1, -0.05) is 36.3 Å². The molecule has 8 heteroatoms. The summed E-state index contributed by atoms with van der Waals surface area (Å²) in [6, 6.07) is 13.2. The molecule has 1 saturated heterocycles. The average Bonchev–Trinajstić information content (AvgIpc) is 3.37. The number of nitrogens with zero attached hydrogens (tertiary/aromatic N) is 2. The molecule has 1 fully saturated rings. The van der Waals surface area contributed by atoms with Gasteiger partial charge in [0.05, 0.1) is 43.7 Å². The molecule has 37 heavy (non-hydrogen) atoms. The number of hydrogen-bond donors (Lipinski definition) is 1. The van der Waals surface area contributed by atoms with E-state index in [9.17, 15) is 4.79 Å². The fourth-order valence-electron chi connectivity index (χ4n) is 5.44. The second kappa shape index (κ2) is 9.03. The third kappa shape index (κ3) is 3.66. The van der Waals surface area contributed by atoms with Crippen LogP contribution in [0.15, 0.2) is 47.0 Å². The highest BCUT2D eigenvalue weighted by atomic mass is 16.5. The number of carbonyl (C=O) groups is 1. The predicted octanol–water partition coefficient (Wildman–Crippen LogP) is 6.04. The lowest BCUT2D eigenvalue weighted by Gasteiger charge is -2.33. The van der Waals surface area contributed by atoms with Gasteiger partial charge in [-0.25, -0.2) is 0 Å². The lowest BCUT2D eigenvalue weighted by atomic mass is 9.86. The molecule has 3 aromatic carbocycles. The molecule has 0 amide bonds. The Balaban J connectivity index is 1.56. The molecular weight excluding hydrogens is 470 g/mol. The maximum absolute atomic E-state index is 13.9. The number of ether oxygens (including phenoxy) is 3. The standard InChI is InChI=1S/C29H29N3O5/c1-16-9-11-32(12-10-16)21-15-20(30-17-13-22(34-2)29(36-4)23(14-17)35-3)24-25-26(21)31-37-28(25)19-8-6-5-7-18(19)27(24)33/h5-8,13-16,30H,9-12H2,1-4H3. The minimum absolute atomic E-state index is 0.0648. The van der Waals surface area contributed by atoms with E-state index in [4.69, 9.17) is 18.7 Å². The number of nitrogens with one attached hydrogen (secondary N) is 1. The molecule has 6 rings (SSSR count). The van der Waals surface area contributed by atoms with Crippen LogP contribution in [-0.2, 0) is 0 Å². The highest BCUT2D eigenvalue weighted by molar-refractivity contribution is 6.28. The van der Waals surface area contributed by atoms with Crippen LogP contribution < -0.4 is 24.4 Å². The first-order valence-electron chi connectivity index (χ1n) is 12.5. The molecule has 1 aromatic heterocycles.